The zero-order valence-corrected chi connectivity index (χ0v) is 14.7. The molecule has 0 aliphatic rings. The summed E-state index contributed by atoms with van der Waals surface area (Å²) in [6.45, 7) is 3.89. The quantitative estimate of drug-likeness (QED) is 0.450. The summed E-state index contributed by atoms with van der Waals surface area (Å²) in [5.41, 5.74) is 2.45. The Bertz CT molecular complexity index is 905. The van der Waals surface area contributed by atoms with Crippen LogP contribution in [0.4, 0.5) is 11.8 Å². The summed E-state index contributed by atoms with van der Waals surface area (Å²) in [6, 6.07) is 7.26. The van der Waals surface area contributed by atoms with E-state index in [2.05, 4.69) is 36.0 Å². The average Bonchev–Trinajstić information content (AvgIpc) is 3.13. The van der Waals surface area contributed by atoms with Crippen LogP contribution in [0.3, 0.4) is 0 Å². The van der Waals surface area contributed by atoms with E-state index < -0.39 is 0 Å². The minimum atomic E-state index is -0.148. The number of hydrogen-bond acceptors (Lipinski definition) is 8. The molecule has 9 heteroatoms. The Morgan fingerprint density at radius 3 is 2.81 bits per heavy atom. The number of nitrogens with zero attached hydrogens (tertiary/aromatic N) is 4. The highest BCUT2D eigenvalue weighted by molar-refractivity contribution is 5.95. The molecular formula is C17H21N7O2. The molecule has 4 N–H and O–H groups in total. The van der Waals surface area contributed by atoms with E-state index >= 15 is 0 Å². The zero-order chi connectivity index (χ0) is 18.5. The number of rotatable bonds is 8. The van der Waals surface area contributed by atoms with Gasteiger partial charge in [0.15, 0.2) is 17.1 Å². The van der Waals surface area contributed by atoms with Crippen LogP contribution in [0.1, 0.15) is 36.2 Å². The van der Waals surface area contributed by atoms with Crippen molar-refractivity contribution in [2.75, 3.05) is 17.2 Å². The first-order valence-electron chi connectivity index (χ1n) is 8.41. The molecule has 1 aromatic carbocycles. The Kier molecular flexibility index (Phi) is 5.37. The van der Waals surface area contributed by atoms with Crippen molar-refractivity contribution in [3.05, 3.63) is 35.4 Å². The van der Waals surface area contributed by atoms with Crippen molar-refractivity contribution in [3.63, 3.8) is 0 Å². The number of aromatic nitrogens is 5. The van der Waals surface area contributed by atoms with Gasteiger partial charge in [0.2, 0.25) is 11.6 Å². The van der Waals surface area contributed by atoms with Crippen LogP contribution in [-0.4, -0.2) is 48.9 Å². The SMILES string of the molecule is CCC(CO)Nc1nc(NCc2ccccc2C(C)=O)c2n[nH]nc2n1. The maximum Gasteiger partial charge on any atom is 0.227 e. The minimum absolute atomic E-state index is 0.00718. The van der Waals surface area contributed by atoms with E-state index in [0.717, 1.165) is 12.0 Å². The van der Waals surface area contributed by atoms with E-state index in [1.165, 1.54) is 0 Å². The molecule has 1 atom stereocenters. The van der Waals surface area contributed by atoms with Gasteiger partial charge in [-0.15, -0.1) is 5.10 Å². The van der Waals surface area contributed by atoms with Crippen LogP contribution >= 0.6 is 0 Å². The zero-order valence-electron chi connectivity index (χ0n) is 14.7. The van der Waals surface area contributed by atoms with Crippen LogP contribution in [0.25, 0.3) is 11.2 Å². The molecule has 3 rings (SSSR count). The Balaban J connectivity index is 1.87. The molecule has 2 aromatic heterocycles. The van der Waals surface area contributed by atoms with Gasteiger partial charge in [-0.05, 0) is 18.9 Å². The lowest BCUT2D eigenvalue weighted by Crippen LogP contribution is -2.24. The second kappa shape index (κ2) is 7.87. The topological polar surface area (TPSA) is 129 Å². The largest absolute Gasteiger partial charge is 0.394 e. The molecule has 0 bridgehead atoms. The molecule has 0 fully saturated rings. The maximum atomic E-state index is 11.8. The van der Waals surface area contributed by atoms with Gasteiger partial charge in [0.05, 0.1) is 12.6 Å². The smallest absolute Gasteiger partial charge is 0.227 e. The highest BCUT2D eigenvalue weighted by Crippen LogP contribution is 2.20. The van der Waals surface area contributed by atoms with Crippen LogP contribution in [0.5, 0.6) is 0 Å². The van der Waals surface area contributed by atoms with Gasteiger partial charge in [-0.1, -0.05) is 31.2 Å². The van der Waals surface area contributed by atoms with Gasteiger partial charge in [0.25, 0.3) is 0 Å². The first-order chi connectivity index (χ1) is 12.6. The van der Waals surface area contributed by atoms with Crippen molar-refractivity contribution in [3.8, 4) is 0 Å². The number of H-pyrrole nitrogens is 1. The summed E-state index contributed by atoms with van der Waals surface area (Å²) >= 11 is 0. The highest BCUT2D eigenvalue weighted by atomic mass is 16.3. The van der Waals surface area contributed by atoms with Crippen molar-refractivity contribution in [1.29, 1.82) is 0 Å². The number of anilines is 2. The van der Waals surface area contributed by atoms with Gasteiger partial charge in [0.1, 0.15) is 0 Å². The summed E-state index contributed by atoms with van der Waals surface area (Å²) in [6.07, 6.45) is 0.728. The minimum Gasteiger partial charge on any atom is -0.394 e. The number of carbonyl (C=O) groups excluding carboxylic acids is 1. The molecule has 0 aliphatic carbocycles. The molecular weight excluding hydrogens is 334 g/mol. The average molecular weight is 355 g/mol. The molecule has 3 aromatic rings. The lowest BCUT2D eigenvalue weighted by molar-refractivity contribution is 0.101. The molecule has 2 heterocycles. The number of aliphatic hydroxyl groups excluding tert-OH is 1. The Labute approximate surface area is 150 Å². The van der Waals surface area contributed by atoms with Gasteiger partial charge in [-0.3, -0.25) is 4.79 Å². The van der Waals surface area contributed by atoms with Crippen LogP contribution < -0.4 is 10.6 Å². The number of aliphatic hydroxyl groups is 1. The monoisotopic (exact) mass is 355 g/mol. The lowest BCUT2D eigenvalue weighted by Gasteiger charge is -2.15. The fourth-order valence-corrected chi connectivity index (χ4v) is 2.59. The Morgan fingerprint density at radius 2 is 2.08 bits per heavy atom. The Morgan fingerprint density at radius 1 is 1.27 bits per heavy atom. The van der Waals surface area contributed by atoms with Crippen molar-refractivity contribution in [2.45, 2.75) is 32.9 Å². The summed E-state index contributed by atoms with van der Waals surface area (Å²) in [5.74, 6) is 0.861. The fraction of sp³-hybridized carbons (Fsp3) is 0.353. The summed E-state index contributed by atoms with van der Waals surface area (Å²) in [5, 5.41) is 26.3. The molecule has 0 aliphatic heterocycles. The van der Waals surface area contributed by atoms with Crippen molar-refractivity contribution < 1.29 is 9.90 Å². The Hall–Kier alpha value is -3.07. The number of benzene rings is 1. The molecule has 0 spiro atoms. The van der Waals surface area contributed by atoms with Crippen LogP contribution in [0, 0.1) is 0 Å². The molecule has 26 heavy (non-hydrogen) atoms. The molecule has 0 amide bonds. The molecule has 9 nitrogen and oxygen atoms in total. The maximum absolute atomic E-state index is 11.8. The summed E-state index contributed by atoms with van der Waals surface area (Å²) < 4.78 is 0. The normalized spacial score (nSPS) is 12.1. The second-order valence-electron chi connectivity index (χ2n) is 5.89. The van der Waals surface area contributed by atoms with Gasteiger partial charge in [-0.2, -0.15) is 20.3 Å². The van der Waals surface area contributed by atoms with E-state index in [-0.39, 0.29) is 18.4 Å². The second-order valence-corrected chi connectivity index (χ2v) is 5.89. The van der Waals surface area contributed by atoms with Gasteiger partial charge in [-0.25, -0.2) is 0 Å². The number of fused-ring (bicyclic) bond motifs is 1. The van der Waals surface area contributed by atoms with Gasteiger partial charge < -0.3 is 15.7 Å². The molecule has 0 saturated heterocycles. The molecule has 136 valence electrons. The standard InChI is InChI=1S/C17H21N7O2/c1-3-12(9-25)19-17-20-15(14-16(21-17)23-24-22-14)18-8-11-6-4-5-7-13(11)10(2)26/h4-7,12,25H,3,8-9H2,1-2H3,(H3,18,19,20,21,22,23,24). The number of carbonyl (C=O) groups is 1. The number of ketones is 1. The van der Waals surface area contributed by atoms with Crippen LogP contribution in [0.2, 0.25) is 0 Å². The lowest BCUT2D eigenvalue weighted by atomic mass is 10.0. The van der Waals surface area contributed by atoms with E-state index in [1.807, 2.05) is 25.1 Å². The molecule has 0 radical (unpaired) electrons. The number of nitrogens with one attached hydrogen (secondary N) is 3. The molecule has 0 saturated carbocycles. The first kappa shape index (κ1) is 17.7. The fourth-order valence-electron chi connectivity index (χ4n) is 2.59. The third-order valence-electron chi connectivity index (χ3n) is 4.07. The van der Waals surface area contributed by atoms with Crippen molar-refractivity contribution in [2.24, 2.45) is 0 Å². The third-order valence-corrected chi connectivity index (χ3v) is 4.07. The number of Topliss-reactive ketones (excluding diaryl/α,β-unsaturated/α-hetero) is 1. The number of hydrogen-bond donors (Lipinski definition) is 4. The van der Waals surface area contributed by atoms with Gasteiger partial charge in [0, 0.05) is 12.1 Å². The first-order valence-corrected chi connectivity index (χ1v) is 8.41. The van der Waals surface area contributed by atoms with Crippen LogP contribution in [-0.2, 0) is 6.54 Å². The molecule has 1 unspecified atom stereocenters. The van der Waals surface area contributed by atoms with E-state index in [0.29, 0.717) is 35.0 Å². The number of aromatic amines is 1. The predicted octanol–water partition coefficient (Wildman–Crippen LogP) is 1.75. The predicted molar refractivity (Wildman–Crippen MR) is 98.0 cm³/mol. The van der Waals surface area contributed by atoms with Crippen molar-refractivity contribution >= 4 is 28.7 Å². The highest BCUT2D eigenvalue weighted by Gasteiger charge is 2.14. The van der Waals surface area contributed by atoms with Crippen molar-refractivity contribution in [1.82, 2.24) is 25.4 Å². The van der Waals surface area contributed by atoms with Gasteiger partial charge >= 0.3 is 0 Å². The van der Waals surface area contributed by atoms with E-state index in [4.69, 9.17) is 0 Å². The van der Waals surface area contributed by atoms with Crippen LogP contribution in [0.15, 0.2) is 24.3 Å². The van der Waals surface area contributed by atoms with E-state index in [9.17, 15) is 9.90 Å². The summed E-state index contributed by atoms with van der Waals surface area (Å²) in [4.78, 5) is 20.5. The summed E-state index contributed by atoms with van der Waals surface area (Å²) in [7, 11) is 0. The van der Waals surface area contributed by atoms with E-state index in [1.54, 1.807) is 13.0 Å². The third kappa shape index (κ3) is 3.77.